The summed E-state index contributed by atoms with van der Waals surface area (Å²) in [6.45, 7) is 0. The Bertz CT molecular complexity index is 615. The monoisotopic (exact) mass is 247 g/mol. The first-order valence-corrected chi connectivity index (χ1v) is 6.17. The van der Waals surface area contributed by atoms with Crippen LogP contribution in [0.15, 0.2) is 72.8 Å². The highest BCUT2D eigenvalue weighted by atomic mass is 19.1. The van der Waals surface area contributed by atoms with Gasteiger partial charge in [0.2, 0.25) is 0 Å². The molecule has 0 N–H and O–H groups in total. The minimum Gasteiger partial charge on any atom is -0.206 e. The van der Waals surface area contributed by atoms with Gasteiger partial charge in [0.1, 0.15) is 5.82 Å². The van der Waals surface area contributed by atoms with Crippen LogP contribution in [0.4, 0.5) is 4.39 Å². The van der Waals surface area contributed by atoms with E-state index < -0.39 is 0 Å². The fourth-order valence-corrected chi connectivity index (χ4v) is 2.14. The van der Waals surface area contributed by atoms with Crippen LogP contribution in [-0.2, 0) is 0 Å². The molecule has 1 radical (unpaired) electrons. The fraction of sp³-hybridized carbons (Fsp3) is 0. The standard InChI is InChI=1S/C18H12F/c19-18-16(14-8-3-1-4-9-14)12-7-13-17(18)15-10-5-2-6-11-15/h1-6,8-13H. The van der Waals surface area contributed by atoms with Crippen LogP contribution in [0.5, 0.6) is 0 Å². The van der Waals surface area contributed by atoms with Crippen molar-refractivity contribution >= 4 is 0 Å². The average molecular weight is 247 g/mol. The summed E-state index contributed by atoms with van der Waals surface area (Å²) < 4.78 is 14.6. The molecule has 19 heavy (non-hydrogen) atoms. The second kappa shape index (κ2) is 5.07. The Morgan fingerprint density at radius 1 is 0.632 bits per heavy atom. The average Bonchev–Trinajstić information content (AvgIpc) is 2.49. The number of hydrogen-bond acceptors (Lipinski definition) is 0. The van der Waals surface area contributed by atoms with Crippen LogP contribution in [0.2, 0.25) is 0 Å². The third-order valence-corrected chi connectivity index (χ3v) is 3.10. The molecule has 0 amide bonds. The molecule has 3 aromatic carbocycles. The van der Waals surface area contributed by atoms with Gasteiger partial charge in [0.25, 0.3) is 0 Å². The highest BCUT2D eigenvalue weighted by molar-refractivity contribution is 5.73. The fourth-order valence-electron chi connectivity index (χ4n) is 2.14. The van der Waals surface area contributed by atoms with Crippen molar-refractivity contribution in [3.05, 3.63) is 84.7 Å². The molecule has 0 bridgehead atoms. The summed E-state index contributed by atoms with van der Waals surface area (Å²) >= 11 is 0. The Morgan fingerprint density at radius 3 is 1.47 bits per heavy atom. The first-order chi connectivity index (χ1) is 9.36. The molecular formula is C18H12F. The van der Waals surface area contributed by atoms with E-state index in [0.717, 1.165) is 11.1 Å². The largest absolute Gasteiger partial charge is 0.206 e. The van der Waals surface area contributed by atoms with Crippen LogP contribution < -0.4 is 0 Å². The summed E-state index contributed by atoms with van der Waals surface area (Å²) in [5.74, 6) is -0.198. The van der Waals surface area contributed by atoms with Gasteiger partial charge in [-0.05, 0) is 29.3 Å². The second-order valence-corrected chi connectivity index (χ2v) is 4.33. The van der Waals surface area contributed by atoms with E-state index in [9.17, 15) is 4.39 Å². The predicted octanol–water partition coefficient (Wildman–Crippen LogP) is 4.96. The van der Waals surface area contributed by atoms with Crippen molar-refractivity contribution in [1.82, 2.24) is 0 Å². The van der Waals surface area contributed by atoms with Gasteiger partial charge in [-0.1, -0.05) is 60.7 Å². The molecule has 0 nitrogen and oxygen atoms in total. The summed E-state index contributed by atoms with van der Waals surface area (Å²) in [4.78, 5) is 0. The zero-order valence-electron chi connectivity index (χ0n) is 10.3. The van der Waals surface area contributed by atoms with Gasteiger partial charge in [0.05, 0.1) is 0 Å². The molecule has 0 spiro atoms. The zero-order chi connectivity index (χ0) is 13.1. The maximum atomic E-state index is 14.6. The molecule has 0 saturated heterocycles. The Balaban J connectivity index is 2.15. The smallest absolute Gasteiger partial charge is 0.138 e. The minimum atomic E-state index is -0.198. The van der Waals surface area contributed by atoms with Gasteiger partial charge in [-0.25, -0.2) is 4.39 Å². The highest BCUT2D eigenvalue weighted by Crippen LogP contribution is 2.30. The van der Waals surface area contributed by atoms with Crippen molar-refractivity contribution in [2.24, 2.45) is 0 Å². The lowest BCUT2D eigenvalue weighted by Crippen LogP contribution is -1.89. The molecule has 0 aromatic heterocycles. The van der Waals surface area contributed by atoms with Crippen LogP contribution in [0.1, 0.15) is 0 Å². The van der Waals surface area contributed by atoms with Gasteiger partial charge in [-0.3, -0.25) is 0 Å². The first-order valence-electron chi connectivity index (χ1n) is 6.17. The van der Waals surface area contributed by atoms with Crippen LogP contribution in [0, 0.1) is 11.9 Å². The Kier molecular flexibility index (Phi) is 3.11. The van der Waals surface area contributed by atoms with Crippen molar-refractivity contribution in [2.75, 3.05) is 0 Å². The quantitative estimate of drug-likeness (QED) is 0.600. The molecule has 0 fully saturated rings. The predicted molar refractivity (Wildman–Crippen MR) is 76.1 cm³/mol. The van der Waals surface area contributed by atoms with E-state index in [2.05, 4.69) is 6.07 Å². The molecule has 3 rings (SSSR count). The summed E-state index contributed by atoms with van der Waals surface area (Å²) in [5.41, 5.74) is 2.91. The number of hydrogen-bond donors (Lipinski definition) is 0. The van der Waals surface area contributed by atoms with Gasteiger partial charge in [-0.2, -0.15) is 0 Å². The zero-order valence-corrected chi connectivity index (χ0v) is 10.3. The van der Waals surface area contributed by atoms with Gasteiger partial charge >= 0.3 is 0 Å². The van der Waals surface area contributed by atoms with Gasteiger partial charge in [0, 0.05) is 11.1 Å². The topological polar surface area (TPSA) is 0 Å². The van der Waals surface area contributed by atoms with Crippen LogP contribution in [0.3, 0.4) is 0 Å². The minimum absolute atomic E-state index is 0.198. The summed E-state index contributed by atoms with van der Waals surface area (Å²) in [5, 5.41) is 0. The summed E-state index contributed by atoms with van der Waals surface area (Å²) in [7, 11) is 0. The van der Waals surface area contributed by atoms with Crippen molar-refractivity contribution < 1.29 is 4.39 Å². The van der Waals surface area contributed by atoms with Crippen LogP contribution >= 0.6 is 0 Å². The summed E-state index contributed by atoms with van der Waals surface area (Å²) in [6, 6.07) is 25.5. The normalized spacial score (nSPS) is 10.4. The summed E-state index contributed by atoms with van der Waals surface area (Å²) in [6.07, 6.45) is 0. The molecule has 0 unspecified atom stereocenters. The van der Waals surface area contributed by atoms with Crippen LogP contribution in [0.25, 0.3) is 22.3 Å². The third kappa shape index (κ3) is 2.27. The maximum Gasteiger partial charge on any atom is 0.138 e. The lowest BCUT2D eigenvalue weighted by Gasteiger charge is -2.08. The molecule has 0 aliphatic rings. The Morgan fingerprint density at radius 2 is 1.05 bits per heavy atom. The molecule has 0 aliphatic heterocycles. The van der Waals surface area contributed by atoms with Crippen molar-refractivity contribution in [2.45, 2.75) is 0 Å². The molecule has 91 valence electrons. The van der Waals surface area contributed by atoms with Crippen molar-refractivity contribution in [1.29, 1.82) is 0 Å². The van der Waals surface area contributed by atoms with E-state index >= 15 is 0 Å². The molecule has 3 aromatic rings. The molecule has 1 heteroatoms. The molecular weight excluding hydrogens is 235 g/mol. The van der Waals surface area contributed by atoms with E-state index in [0.29, 0.717) is 11.1 Å². The van der Waals surface area contributed by atoms with Gasteiger partial charge in [-0.15, -0.1) is 0 Å². The molecule has 0 atom stereocenters. The lowest BCUT2D eigenvalue weighted by atomic mass is 9.98. The third-order valence-electron chi connectivity index (χ3n) is 3.10. The number of halogens is 1. The second-order valence-electron chi connectivity index (χ2n) is 4.33. The van der Waals surface area contributed by atoms with Crippen molar-refractivity contribution in [3.8, 4) is 22.3 Å². The highest BCUT2D eigenvalue weighted by Gasteiger charge is 2.10. The van der Waals surface area contributed by atoms with E-state index in [-0.39, 0.29) is 5.82 Å². The lowest BCUT2D eigenvalue weighted by molar-refractivity contribution is 0.634. The van der Waals surface area contributed by atoms with Crippen LogP contribution in [-0.4, -0.2) is 0 Å². The SMILES string of the molecule is Fc1c(-c2ccccc2)c[c]cc1-c1ccccc1. The first kappa shape index (κ1) is 11.7. The van der Waals surface area contributed by atoms with Crippen molar-refractivity contribution in [3.63, 3.8) is 0 Å². The van der Waals surface area contributed by atoms with E-state index in [1.54, 1.807) is 12.1 Å². The van der Waals surface area contributed by atoms with Gasteiger partial charge in [0.15, 0.2) is 0 Å². The number of rotatable bonds is 2. The van der Waals surface area contributed by atoms with E-state index in [1.165, 1.54) is 0 Å². The molecule has 0 saturated carbocycles. The molecule has 0 aliphatic carbocycles. The maximum absolute atomic E-state index is 14.6. The Labute approximate surface area is 112 Å². The van der Waals surface area contributed by atoms with E-state index in [4.69, 9.17) is 0 Å². The number of benzene rings is 3. The van der Waals surface area contributed by atoms with E-state index in [1.807, 2.05) is 60.7 Å². The Hall–Kier alpha value is -2.41. The molecule has 0 heterocycles. The van der Waals surface area contributed by atoms with Gasteiger partial charge < -0.3 is 0 Å².